The van der Waals surface area contributed by atoms with Gasteiger partial charge in [-0.1, -0.05) is 12.5 Å². The molecule has 1 aliphatic heterocycles. The third kappa shape index (κ3) is 3.97. The lowest BCUT2D eigenvalue weighted by Gasteiger charge is -2.30. The van der Waals surface area contributed by atoms with Crippen molar-refractivity contribution in [1.82, 2.24) is 14.9 Å². The van der Waals surface area contributed by atoms with Gasteiger partial charge in [-0.05, 0) is 72.1 Å². The summed E-state index contributed by atoms with van der Waals surface area (Å²) >= 11 is 8.47. The van der Waals surface area contributed by atoms with E-state index in [2.05, 4.69) is 62.2 Å². The zero-order valence-corrected chi connectivity index (χ0v) is 17.8. The molecule has 3 aromatic heterocycles. The molecule has 0 radical (unpaired) electrons. The van der Waals surface area contributed by atoms with E-state index >= 15 is 0 Å². The monoisotopic (exact) mass is 421 g/mol. The minimum absolute atomic E-state index is 0.0683. The van der Waals surface area contributed by atoms with Crippen molar-refractivity contribution in [2.45, 2.75) is 31.2 Å². The van der Waals surface area contributed by atoms with Crippen molar-refractivity contribution in [2.24, 2.45) is 0 Å². The smallest absolute Gasteiger partial charge is 0.0891 e. The molecule has 0 saturated carbocycles. The number of piperidine rings is 1. The van der Waals surface area contributed by atoms with E-state index in [9.17, 15) is 0 Å². The topological polar surface area (TPSA) is 31.9 Å². The van der Waals surface area contributed by atoms with Crippen LogP contribution in [0.5, 0.6) is 0 Å². The number of nitrogens with one attached hydrogen (secondary N) is 1. The summed E-state index contributed by atoms with van der Waals surface area (Å²) < 4.78 is 0. The molecular formula is C24H24ClN3S. The Balaban J connectivity index is 1.45. The first-order chi connectivity index (χ1) is 14.3. The molecule has 1 N–H and O–H groups in total. The van der Waals surface area contributed by atoms with Crippen LogP contribution in [0.1, 0.15) is 24.8 Å². The van der Waals surface area contributed by atoms with Crippen LogP contribution in [0.3, 0.4) is 0 Å². The Kier molecular flexibility index (Phi) is 5.40. The van der Waals surface area contributed by atoms with Gasteiger partial charge in [-0.2, -0.15) is 11.3 Å². The number of alkyl halides is 1. The standard InChI is InChI=1S/C24H24ClN3S/c25-24(28-7-2-1-3-8-28)11-17-4-5-23-21(10-17)22(15-27-23)20-12-19(13-26-14-20)18-6-9-29-16-18/h4-6,9-10,12-16,24,27H,1-3,7-8,11H2. The van der Waals surface area contributed by atoms with E-state index < -0.39 is 0 Å². The number of thiophene rings is 1. The third-order valence-corrected chi connectivity index (χ3v) is 6.95. The number of halogens is 1. The van der Waals surface area contributed by atoms with Crippen LogP contribution in [0.15, 0.2) is 59.7 Å². The van der Waals surface area contributed by atoms with Gasteiger partial charge in [0.15, 0.2) is 0 Å². The largest absolute Gasteiger partial charge is 0.361 e. The number of fused-ring (bicyclic) bond motifs is 1. The summed E-state index contributed by atoms with van der Waals surface area (Å²) in [4.78, 5) is 10.3. The molecule has 5 rings (SSSR count). The molecule has 1 aromatic carbocycles. The predicted molar refractivity (Wildman–Crippen MR) is 124 cm³/mol. The maximum absolute atomic E-state index is 6.76. The number of H-pyrrole nitrogens is 1. The molecule has 148 valence electrons. The van der Waals surface area contributed by atoms with Crippen LogP contribution < -0.4 is 0 Å². The number of pyridine rings is 1. The molecule has 4 heterocycles. The fourth-order valence-electron chi connectivity index (χ4n) is 4.23. The maximum atomic E-state index is 6.76. The minimum Gasteiger partial charge on any atom is -0.361 e. The van der Waals surface area contributed by atoms with Gasteiger partial charge in [0.05, 0.1) is 5.50 Å². The van der Waals surface area contributed by atoms with E-state index in [1.54, 1.807) is 11.3 Å². The predicted octanol–water partition coefficient (Wildman–Crippen LogP) is 6.55. The first-order valence-corrected chi connectivity index (χ1v) is 11.6. The van der Waals surface area contributed by atoms with Gasteiger partial charge in [0.1, 0.15) is 0 Å². The highest BCUT2D eigenvalue weighted by molar-refractivity contribution is 7.08. The highest BCUT2D eigenvalue weighted by Gasteiger charge is 2.19. The molecule has 4 aromatic rings. The molecule has 0 spiro atoms. The first-order valence-electron chi connectivity index (χ1n) is 10.2. The average Bonchev–Trinajstić information content (AvgIpc) is 3.44. The van der Waals surface area contributed by atoms with Crippen molar-refractivity contribution < 1.29 is 0 Å². The average molecular weight is 422 g/mol. The number of hydrogen-bond donors (Lipinski definition) is 1. The summed E-state index contributed by atoms with van der Waals surface area (Å²) in [6.45, 7) is 2.24. The molecule has 3 nitrogen and oxygen atoms in total. The van der Waals surface area contributed by atoms with E-state index in [4.69, 9.17) is 11.6 Å². The van der Waals surface area contributed by atoms with Crippen molar-refractivity contribution in [3.8, 4) is 22.3 Å². The number of nitrogens with zero attached hydrogens (tertiary/aromatic N) is 2. The SMILES string of the molecule is ClC(Cc1ccc2[nH]cc(-c3cncc(-c4ccsc4)c3)c2c1)N1CCCCC1. The molecule has 1 saturated heterocycles. The van der Waals surface area contributed by atoms with Gasteiger partial charge >= 0.3 is 0 Å². The molecule has 0 amide bonds. The fraction of sp³-hybridized carbons (Fsp3) is 0.292. The Bertz CT molecular complexity index is 1100. The summed E-state index contributed by atoms with van der Waals surface area (Å²) in [7, 11) is 0. The Morgan fingerprint density at radius 1 is 1.03 bits per heavy atom. The van der Waals surface area contributed by atoms with Crippen LogP contribution in [-0.2, 0) is 6.42 Å². The summed E-state index contributed by atoms with van der Waals surface area (Å²) in [6.07, 6.45) is 10.7. The van der Waals surface area contributed by atoms with Gasteiger partial charge in [-0.3, -0.25) is 9.88 Å². The van der Waals surface area contributed by atoms with E-state index in [1.165, 1.54) is 41.3 Å². The zero-order chi connectivity index (χ0) is 19.6. The van der Waals surface area contributed by atoms with Crippen molar-refractivity contribution in [3.63, 3.8) is 0 Å². The first kappa shape index (κ1) is 18.9. The van der Waals surface area contributed by atoms with E-state index in [1.807, 2.05) is 12.4 Å². The van der Waals surface area contributed by atoms with Crippen molar-refractivity contribution in [2.75, 3.05) is 13.1 Å². The molecular weight excluding hydrogens is 398 g/mol. The van der Waals surface area contributed by atoms with Crippen LogP contribution in [-0.4, -0.2) is 33.5 Å². The molecule has 0 aliphatic carbocycles. The highest BCUT2D eigenvalue weighted by Crippen LogP contribution is 2.32. The number of hydrogen-bond acceptors (Lipinski definition) is 3. The van der Waals surface area contributed by atoms with E-state index in [-0.39, 0.29) is 5.50 Å². The quantitative estimate of drug-likeness (QED) is 0.292. The minimum atomic E-state index is 0.0683. The second kappa shape index (κ2) is 8.31. The van der Waals surface area contributed by atoms with E-state index in [0.717, 1.165) is 36.2 Å². The Hall–Kier alpha value is -2.14. The van der Waals surface area contributed by atoms with Gasteiger partial charge in [0, 0.05) is 52.6 Å². The molecule has 29 heavy (non-hydrogen) atoms. The van der Waals surface area contributed by atoms with Gasteiger partial charge in [-0.25, -0.2) is 0 Å². The van der Waals surface area contributed by atoms with Gasteiger partial charge in [-0.15, -0.1) is 11.6 Å². The summed E-state index contributed by atoms with van der Waals surface area (Å²) in [5.41, 5.74) is 7.20. The van der Waals surface area contributed by atoms with Crippen molar-refractivity contribution >= 4 is 33.8 Å². The Morgan fingerprint density at radius 2 is 1.90 bits per heavy atom. The molecule has 1 unspecified atom stereocenters. The normalized spacial score (nSPS) is 16.3. The number of aromatic amines is 1. The summed E-state index contributed by atoms with van der Waals surface area (Å²) in [5.74, 6) is 0. The fourth-order valence-corrected chi connectivity index (χ4v) is 5.27. The molecule has 1 fully saturated rings. The number of aromatic nitrogens is 2. The Morgan fingerprint density at radius 3 is 2.72 bits per heavy atom. The lowest BCUT2D eigenvalue weighted by atomic mass is 10.0. The molecule has 5 heteroatoms. The highest BCUT2D eigenvalue weighted by atomic mass is 35.5. The van der Waals surface area contributed by atoms with Crippen LogP contribution >= 0.6 is 22.9 Å². The number of benzene rings is 1. The zero-order valence-electron chi connectivity index (χ0n) is 16.3. The van der Waals surface area contributed by atoms with Crippen LogP contribution in [0.4, 0.5) is 0 Å². The molecule has 1 aliphatic rings. The maximum Gasteiger partial charge on any atom is 0.0891 e. The summed E-state index contributed by atoms with van der Waals surface area (Å²) in [6, 6.07) is 11.0. The molecule has 1 atom stereocenters. The lowest BCUT2D eigenvalue weighted by Crippen LogP contribution is -2.37. The number of rotatable bonds is 5. The number of likely N-dealkylation sites (tertiary alicyclic amines) is 1. The van der Waals surface area contributed by atoms with Crippen molar-refractivity contribution in [3.05, 3.63) is 65.2 Å². The van der Waals surface area contributed by atoms with Gasteiger partial charge < -0.3 is 4.98 Å². The van der Waals surface area contributed by atoms with E-state index in [0.29, 0.717) is 0 Å². The Labute approximate surface area is 180 Å². The lowest BCUT2D eigenvalue weighted by molar-refractivity contribution is 0.208. The van der Waals surface area contributed by atoms with Crippen molar-refractivity contribution in [1.29, 1.82) is 0 Å². The second-order valence-electron chi connectivity index (χ2n) is 7.79. The summed E-state index contributed by atoms with van der Waals surface area (Å²) in [5, 5.41) is 5.49. The van der Waals surface area contributed by atoms with Gasteiger partial charge in [0.2, 0.25) is 0 Å². The second-order valence-corrected chi connectivity index (χ2v) is 9.08. The molecule has 0 bridgehead atoms. The van der Waals surface area contributed by atoms with Gasteiger partial charge in [0.25, 0.3) is 0 Å². The van der Waals surface area contributed by atoms with Crippen LogP contribution in [0, 0.1) is 0 Å². The van der Waals surface area contributed by atoms with Crippen LogP contribution in [0.2, 0.25) is 0 Å². The van der Waals surface area contributed by atoms with Crippen LogP contribution in [0.25, 0.3) is 33.2 Å². The third-order valence-electron chi connectivity index (χ3n) is 5.84.